The summed E-state index contributed by atoms with van der Waals surface area (Å²) in [5.74, 6) is 0.883. The van der Waals surface area contributed by atoms with Crippen molar-refractivity contribution in [2.45, 2.75) is 0 Å². The lowest BCUT2D eigenvalue weighted by molar-refractivity contribution is -0.345. The SMILES string of the molecule is COc1cccc2ccc[nH+]c12.c1ccc(-c2ccc(-c3c4ccccc4c(-c4ccc5ccccc5c4)c4ccccc34)cc2)cc1.c1ccc(-c2ccc3c(-c4ccc5ccccc5c4)c4ccccc4c(-c4ccc5ccccc5c4)c3c2)cc1. The summed E-state index contributed by atoms with van der Waals surface area (Å²) >= 11 is 0. The first-order valence-electron chi connectivity index (χ1n) is 30.2. The van der Waals surface area contributed by atoms with Gasteiger partial charge in [0.15, 0.2) is 11.9 Å². The summed E-state index contributed by atoms with van der Waals surface area (Å²) in [6.07, 6.45) is 1.89. The Hall–Kier alpha value is -11.5. The second-order valence-electron chi connectivity index (χ2n) is 22.5. The number of aromatic nitrogens is 1. The minimum Gasteiger partial charge on any atom is -0.490 e. The molecular weight excluding hydrogens is 1060 g/mol. The highest BCUT2D eigenvalue weighted by atomic mass is 16.5. The third kappa shape index (κ3) is 10.1. The Morgan fingerprint density at radius 2 is 0.523 bits per heavy atom. The molecule has 0 radical (unpaired) electrons. The molecule has 17 rings (SSSR count). The number of ether oxygens (including phenoxy) is 1. The predicted molar refractivity (Wildman–Crippen MR) is 375 cm³/mol. The van der Waals surface area contributed by atoms with Gasteiger partial charge in [-0.25, -0.2) is 4.98 Å². The normalized spacial score (nSPS) is 11.2. The lowest BCUT2D eigenvalue weighted by atomic mass is 9.84. The van der Waals surface area contributed by atoms with Crippen LogP contribution in [-0.2, 0) is 0 Å². The number of hydrogen-bond acceptors (Lipinski definition) is 1. The van der Waals surface area contributed by atoms with E-state index in [4.69, 9.17) is 4.74 Å². The van der Waals surface area contributed by atoms with E-state index in [-0.39, 0.29) is 0 Å². The first-order chi connectivity index (χ1) is 43.6. The average molecular weight is 1120 g/mol. The largest absolute Gasteiger partial charge is 0.490 e. The van der Waals surface area contributed by atoms with E-state index in [1.54, 1.807) is 7.11 Å². The number of benzene rings is 16. The van der Waals surface area contributed by atoms with Crippen molar-refractivity contribution >= 4 is 86.3 Å². The number of H-pyrrole nitrogens is 1. The maximum atomic E-state index is 5.20. The highest BCUT2D eigenvalue weighted by Crippen LogP contribution is 2.47. The lowest BCUT2D eigenvalue weighted by Gasteiger charge is -2.19. The Morgan fingerprint density at radius 1 is 0.205 bits per heavy atom. The molecule has 0 aliphatic carbocycles. The van der Waals surface area contributed by atoms with Crippen molar-refractivity contribution in [1.82, 2.24) is 0 Å². The summed E-state index contributed by atoms with van der Waals surface area (Å²) in [5.41, 5.74) is 16.2. The van der Waals surface area contributed by atoms with Crippen LogP contribution in [0.4, 0.5) is 0 Å². The zero-order valence-corrected chi connectivity index (χ0v) is 48.7. The Kier molecular flexibility index (Phi) is 14.3. The molecule has 0 amide bonds. The number of methoxy groups -OCH3 is 1. The van der Waals surface area contributed by atoms with Gasteiger partial charge in [-0.2, -0.15) is 0 Å². The Labute approximate surface area is 512 Å². The van der Waals surface area contributed by atoms with E-state index >= 15 is 0 Å². The van der Waals surface area contributed by atoms with E-state index in [1.165, 1.54) is 142 Å². The fourth-order valence-corrected chi connectivity index (χ4v) is 13.2. The first-order valence-corrected chi connectivity index (χ1v) is 30.2. The minimum atomic E-state index is 0.883. The van der Waals surface area contributed by atoms with Crippen molar-refractivity contribution in [3.05, 3.63) is 340 Å². The van der Waals surface area contributed by atoms with Crippen LogP contribution < -0.4 is 9.72 Å². The number of para-hydroxylation sites is 1. The van der Waals surface area contributed by atoms with Gasteiger partial charge in [-0.1, -0.05) is 285 Å². The second-order valence-corrected chi connectivity index (χ2v) is 22.5. The van der Waals surface area contributed by atoms with Crippen LogP contribution >= 0.6 is 0 Å². The zero-order chi connectivity index (χ0) is 58.8. The van der Waals surface area contributed by atoms with Crippen LogP contribution in [0.1, 0.15) is 0 Å². The van der Waals surface area contributed by atoms with Crippen LogP contribution in [0.5, 0.6) is 5.75 Å². The molecule has 1 aromatic heterocycles. The average Bonchev–Trinajstić information content (AvgIpc) is 0.805. The van der Waals surface area contributed by atoms with E-state index in [1.807, 2.05) is 36.5 Å². The minimum absolute atomic E-state index is 0.883. The highest BCUT2D eigenvalue weighted by molar-refractivity contribution is 6.24. The van der Waals surface area contributed by atoms with Gasteiger partial charge in [-0.15, -0.1) is 0 Å². The third-order valence-electron chi connectivity index (χ3n) is 17.3. The molecule has 17 aromatic rings. The van der Waals surface area contributed by atoms with Gasteiger partial charge in [0.2, 0.25) is 0 Å². The topological polar surface area (TPSA) is 23.4 Å². The van der Waals surface area contributed by atoms with Crippen LogP contribution in [0.2, 0.25) is 0 Å². The Balaban J connectivity index is 0.000000125. The van der Waals surface area contributed by atoms with Gasteiger partial charge in [0.25, 0.3) is 5.52 Å². The quantitative estimate of drug-likeness (QED) is 0.146. The molecule has 414 valence electrons. The highest BCUT2D eigenvalue weighted by Gasteiger charge is 2.20. The molecule has 88 heavy (non-hydrogen) atoms. The molecule has 0 saturated heterocycles. The fourth-order valence-electron chi connectivity index (χ4n) is 13.2. The molecular formula is C86H60NO+. The molecule has 0 bridgehead atoms. The van der Waals surface area contributed by atoms with Gasteiger partial charge >= 0.3 is 0 Å². The van der Waals surface area contributed by atoms with Gasteiger partial charge in [0.1, 0.15) is 0 Å². The fraction of sp³-hybridized carbons (Fsp3) is 0.0116. The summed E-state index contributed by atoms with van der Waals surface area (Å²) in [6, 6.07) is 120. The lowest BCUT2D eigenvalue weighted by Crippen LogP contribution is -2.02. The van der Waals surface area contributed by atoms with Crippen LogP contribution in [0, 0.1) is 0 Å². The van der Waals surface area contributed by atoms with Crippen molar-refractivity contribution in [2.75, 3.05) is 7.11 Å². The van der Waals surface area contributed by atoms with E-state index in [0.29, 0.717) is 0 Å². The van der Waals surface area contributed by atoms with Gasteiger partial charge in [-0.05, 0) is 185 Å². The molecule has 2 nitrogen and oxygen atoms in total. The van der Waals surface area contributed by atoms with Crippen LogP contribution in [0.15, 0.2) is 340 Å². The molecule has 0 fully saturated rings. The predicted octanol–water partition coefficient (Wildman–Crippen LogP) is 23.1. The van der Waals surface area contributed by atoms with Crippen molar-refractivity contribution < 1.29 is 9.72 Å². The maximum absolute atomic E-state index is 5.20. The van der Waals surface area contributed by atoms with Crippen LogP contribution in [-0.4, -0.2) is 7.11 Å². The molecule has 16 aromatic carbocycles. The number of rotatable bonds is 7. The van der Waals surface area contributed by atoms with Crippen molar-refractivity contribution in [2.24, 2.45) is 0 Å². The number of nitrogens with one attached hydrogen (secondary N) is 1. The van der Waals surface area contributed by atoms with E-state index in [9.17, 15) is 0 Å². The summed E-state index contributed by atoms with van der Waals surface area (Å²) in [5, 5.41) is 19.0. The van der Waals surface area contributed by atoms with E-state index < -0.39 is 0 Å². The van der Waals surface area contributed by atoms with Crippen LogP contribution in [0.25, 0.3) is 153 Å². The molecule has 1 heterocycles. The Bertz CT molecular complexity index is 5360. The molecule has 0 spiro atoms. The van der Waals surface area contributed by atoms with E-state index in [0.717, 1.165) is 16.7 Å². The summed E-state index contributed by atoms with van der Waals surface area (Å²) in [6.45, 7) is 0. The molecule has 0 saturated carbocycles. The number of pyridine rings is 1. The monoisotopic (exact) mass is 1120 g/mol. The molecule has 1 N–H and O–H groups in total. The van der Waals surface area contributed by atoms with Gasteiger partial charge in [0.05, 0.1) is 12.5 Å². The van der Waals surface area contributed by atoms with Gasteiger partial charge in [-0.3, -0.25) is 0 Å². The number of hydrogen-bond donors (Lipinski definition) is 0. The zero-order valence-electron chi connectivity index (χ0n) is 48.7. The molecule has 2 heteroatoms. The molecule has 0 aliphatic heterocycles. The van der Waals surface area contributed by atoms with Gasteiger partial charge in [0, 0.05) is 6.07 Å². The van der Waals surface area contributed by atoms with E-state index in [2.05, 4.69) is 308 Å². The summed E-state index contributed by atoms with van der Waals surface area (Å²) in [7, 11) is 1.68. The Morgan fingerprint density at radius 3 is 0.977 bits per heavy atom. The van der Waals surface area contributed by atoms with Crippen molar-refractivity contribution in [3.63, 3.8) is 0 Å². The standard InChI is InChI=1S/C40H26.C36H24.C10H9NO/c1-2-10-27(11-3-1)32-22-23-37-38(26-32)40(34-21-19-29-13-5-7-15-31(29)25-34)36-17-9-8-16-35(36)39(37)33-20-18-28-12-4-6-14-30(28)24-33;1-2-10-25(11-3-1)27-18-21-28(22-19-27)35-31-14-6-8-16-33(31)36(34-17-9-7-15-32(34)35)30-23-20-26-12-4-5-13-29(26)24-30;1-12-9-6-2-4-8-5-3-7-11-10(8)9/h1-26H;1-24H;2-7H,1H3/p+1. The molecule has 0 atom stereocenters. The smallest absolute Gasteiger partial charge is 0.253 e. The van der Waals surface area contributed by atoms with Crippen molar-refractivity contribution in [1.29, 1.82) is 0 Å². The summed E-state index contributed by atoms with van der Waals surface area (Å²) < 4.78 is 5.20. The summed E-state index contributed by atoms with van der Waals surface area (Å²) in [4.78, 5) is 3.15. The van der Waals surface area contributed by atoms with Gasteiger partial charge < -0.3 is 4.74 Å². The first kappa shape index (κ1) is 53.3. The second kappa shape index (κ2) is 23.5. The van der Waals surface area contributed by atoms with Crippen molar-refractivity contribution in [3.8, 4) is 72.5 Å². The molecule has 0 unspecified atom stereocenters. The third-order valence-corrected chi connectivity index (χ3v) is 17.3. The van der Waals surface area contributed by atoms with Crippen LogP contribution in [0.3, 0.4) is 0 Å². The maximum Gasteiger partial charge on any atom is 0.253 e. The number of fused-ring (bicyclic) bond motifs is 8. The molecule has 0 aliphatic rings. The number of aromatic amines is 1.